The second-order valence-electron chi connectivity index (χ2n) is 5.25. The lowest BCUT2D eigenvalue weighted by molar-refractivity contribution is -0.123. The standard InChI is InChI=1S/C15H20FNO3/c1-20-10-13(18)5-8-17-14(19)15(6-7-15)11-3-2-4-12(16)9-11/h2-4,9,13,18H,5-8,10H2,1H3,(H,17,19). The number of rotatable bonds is 7. The lowest BCUT2D eigenvalue weighted by Gasteiger charge is -2.17. The number of halogens is 1. The van der Waals surface area contributed by atoms with Crippen molar-refractivity contribution >= 4 is 5.91 Å². The maximum absolute atomic E-state index is 13.3. The first kappa shape index (κ1) is 14.9. The van der Waals surface area contributed by atoms with Crippen molar-refractivity contribution in [3.63, 3.8) is 0 Å². The lowest BCUT2D eigenvalue weighted by Crippen LogP contribution is -2.36. The van der Waals surface area contributed by atoms with Gasteiger partial charge in [0.1, 0.15) is 5.82 Å². The Kier molecular flexibility index (Phi) is 4.73. The molecule has 0 aliphatic heterocycles. The lowest BCUT2D eigenvalue weighted by atomic mass is 9.95. The highest BCUT2D eigenvalue weighted by molar-refractivity contribution is 5.91. The molecular formula is C15H20FNO3. The van der Waals surface area contributed by atoms with Crippen LogP contribution in [0.4, 0.5) is 4.39 Å². The highest BCUT2D eigenvalue weighted by Crippen LogP contribution is 2.48. The number of ether oxygens (including phenoxy) is 1. The molecule has 1 atom stereocenters. The van der Waals surface area contributed by atoms with Crippen molar-refractivity contribution in [1.82, 2.24) is 5.32 Å². The predicted molar refractivity (Wildman–Crippen MR) is 72.8 cm³/mol. The van der Waals surface area contributed by atoms with Crippen molar-refractivity contribution in [3.8, 4) is 0 Å². The van der Waals surface area contributed by atoms with Gasteiger partial charge >= 0.3 is 0 Å². The molecule has 5 heteroatoms. The van der Waals surface area contributed by atoms with E-state index >= 15 is 0 Å². The Morgan fingerprint density at radius 1 is 1.55 bits per heavy atom. The fourth-order valence-electron chi connectivity index (χ4n) is 2.36. The van der Waals surface area contributed by atoms with E-state index < -0.39 is 11.5 Å². The molecule has 2 rings (SSSR count). The van der Waals surface area contributed by atoms with Gasteiger partial charge in [-0.25, -0.2) is 4.39 Å². The quantitative estimate of drug-likeness (QED) is 0.793. The third-order valence-corrected chi connectivity index (χ3v) is 3.68. The number of nitrogens with one attached hydrogen (secondary N) is 1. The summed E-state index contributed by atoms with van der Waals surface area (Å²) in [5, 5.41) is 12.3. The van der Waals surface area contributed by atoms with Crippen LogP contribution in [0, 0.1) is 5.82 Å². The summed E-state index contributed by atoms with van der Waals surface area (Å²) in [5.41, 5.74) is 0.154. The number of benzene rings is 1. The monoisotopic (exact) mass is 281 g/mol. The highest BCUT2D eigenvalue weighted by Gasteiger charge is 2.51. The third kappa shape index (κ3) is 3.35. The smallest absolute Gasteiger partial charge is 0.230 e. The molecule has 110 valence electrons. The molecule has 0 saturated heterocycles. The topological polar surface area (TPSA) is 58.6 Å². The van der Waals surface area contributed by atoms with Crippen LogP contribution in [0.1, 0.15) is 24.8 Å². The summed E-state index contributed by atoms with van der Waals surface area (Å²) < 4.78 is 18.1. The van der Waals surface area contributed by atoms with Crippen LogP contribution >= 0.6 is 0 Å². The molecule has 1 fully saturated rings. The van der Waals surface area contributed by atoms with Crippen molar-refractivity contribution in [2.45, 2.75) is 30.8 Å². The van der Waals surface area contributed by atoms with Gasteiger partial charge < -0.3 is 15.2 Å². The molecule has 1 aromatic carbocycles. The molecule has 20 heavy (non-hydrogen) atoms. The van der Waals surface area contributed by atoms with Crippen LogP contribution in [0.3, 0.4) is 0 Å². The normalized spacial score (nSPS) is 17.6. The molecular weight excluding hydrogens is 261 g/mol. The van der Waals surface area contributed by atoms with Crippen LogP contribution in [0.25, 0.3) is 0 Å². The Bertz CT molecular complexity index is 474. The van der Waals surface area contributed by atoms with Gasteiger partial charge in [0.25, 0.3) is 0 Å². The van der Waals surface area contributed by atoms with Crippen molar-refractivity contribution < 1.29 is 19.0 Å². The van der Waals surface area contributed by atoms with E-state index in [9.17, 15) is 14.3 Å². The number of aliphatic hydroxyl groups excluding tert-OH is 1. The fourth-order valence-corrected chi connectivity index (χ4v) is 2.36. The van der Waals surface area contributed by atoms with Gasteiger partial charge in [-0.15, -0.1) is 0 Å². The van der Waals surface area contributed by atoms with Gasteiger partial charge in [0.15, 0.2) is 0 Å². The number of methoxy groups -OCH3 is 1. The second-order valence-corrected chi connectivity index (χ2v) is 5.25. The number of aliphatic hydroxyl groups is 1. The minimum Gasteiger partial charge on any atom is -0.391 e. The van der Waals surface area contributed by atoms with Gasteiger partial charge in [-0.05, 0) is 37.0 Å². The average Bonchev–Trinajstić information content (AvgIpc) is 3.20. The first-order valence-corrected chi connectivity index (χ1v) is 6.80. The van der Waals surface area contributed by atoms with Crippen molar-refractivity contribution in [3.05, 3.63) is 35.6 Å². The minimum absolute atomic E-state index is 0.0901. The maximum atomic E-state index is 13.3. The molecule has 2 N–H and O–H groups in total. The van der Waals surface area contributed by atoms with Gasteiger partial charge in [0.05, 0.1) is 18.1 Å². The second kappa shape index (κ2) is 6.33. The van der Waals surface area contributed by atoms with E-state index in [1.165, 1.54) is 19.2 Å². The largest absolute Gasteiger partial charge is 0.391 e. The average molecular weight is 281 g/mol. The Labute approximate surface area is 117 Å². The van der Waals surface area contributed by atoms with E-state index in [-0.39, 0.29) is 18.3 Å². The molecule has 0 radical (unpaired) electrons. The molecule has 1 aliphatic carbocycles. The van der Waals surface area contributed by atoms with Gasteiger partial charge in [0, 0.05) is 13.7 Å². The van der Waals surface area contributed by atoms with E-state index in [0.29, 0.717) is 13.0 Å². The van der Waals surface area contributed by atoms with Crippen LogP contribution in [-0.2, 0) is 14.9 Å². The van der Waals surface area contributed by atoms with Crippen molar-refractivity contribution in [2.24, 2.45) is 0 Å². The zero-order valence-corrected chi connectivity index (χ0v) is 11.6. The van der Waals surface area contributed by atoms with Crippen LogP contribution in [0.5, 0.6) is 0 Å². The highest BCUT2D eigenvalue weighted by atomic mass is 19.1. The molecule has 4 nitrogen and oxygen atoms in total. The summed E-state index contributed by atoms with van der Waals surface area (Å²) in [6.07, 6.45) is 1.34. The van der Waals surface area contributed by atoms with Crippen molar-refractivity contribution in [1.29, 1.82) is 0 Å². The van der Waals surface area contributed by atoms with Crippen LogP contribution < -0.4 is 5.32 Å². The molecule has 0 bridgehead atoms. The molecule has 1 unspecified atom stereocenters. The Hall–Kier alpha value is -1.46. The van der Waals surface area contributed by atoms with E-state index in [0.717, 1.165) is 18.4 Å². The summed E-state index contributed by atoms with van der Waals surface area (Å²) >= 11 is 0. The van der Waals surface area contributed by atoms with Gasteiger partial charge in [-0.1, -0.05) is 12.1 Å². The fraction of sp³-hybridized carbons (Fsp3) is 0.533. The molecule has 1 aliphatic rings. The van der Waals surface area contributed by atoms with Crippen LogP contribution in [-0.4, -0.2) is 37.4 Å². The molecule has 0 heterocycles. The number of amides is 1. The molecule has 1 saturated carbocycles. The predicted octanol–water partition coefficient (Wildman–Crippen LogP) is 1.37. The summed E-state index contributed by atoms with van der Waals surface area (Å²) in [4.78, 5) is 12.2. The maximum Gasteiger partial charge on any atom is 0.230 e. The van der Waals surface area contributed by atoms with E-state index in [4.69, 9.17) is 4.74 Å². The number of carbonyl (C=O) groups is 1. The number of hydrogen-bond donors (Lipinski definition) is 2. The summed E-state index contributed by atoms with van der Waals surface area (Å²) in [7, 11) is 1.52. The van der Waals surface area contributed by atoms with E-state index in [1.54, 1.807) is 12.1 Å². The number of hydrogen-bond acceptors (Lipinski definition) is 3. The van der Waals surface area contributed by atoms with Crippen LogP contribution in [0.15, 0.2) is 24.3 Å². The molecule has 1 aromatic rings. The summed E-state index contributed by atoms with van der Waals surface area (Å²) in [6.45, 7) is 0.644. The van der Waals surface area contributed by atoms with E-state index in [1.807, 2.05) is 0 Å². The van der Waals surface area contributed by atoms with Crippen molar-refractivity contribution in [2.75, 3.05) is 20.3 Å². The molecule has 0 aromatic heterocycles. The van der Waals surface area contributed by atoms with Crippen LogP contribution in [0.2, 0.25) is 0 Å². The first-order chi connectivity index (χ1) is 9.58. The SMILES string of the molecule is COCC(O)CCNC(=O)C1(c2cccc(F)c2)CC1. The number of carbonyl (C=O) groups excluding carboxylic acids is 1. The van der Waals surface area contributed by atoms with Gasteiger partial charge in [-0.3, -0.25) is 4.79 Å². The summed E-state index contributed by atoms with van der Waals surface area (Å²) in [6, 6.07) is 6.21. The van der Waals surface area contributed by atoms with E-state index in [2.05, 4.69) is 5.32 Å². The molecule has 1 amide bonds. The van der Waals surface area contributed by atoms with Gasteiger partial charge in [-0.2, -0.15) is 0 Å². The Morgan fingerprint density at radius 3 is 2.90 bits per heavy atom. The zero-order valence-electron chi connectivity index (χ0n) is 11.6. The Morgan fingerprint density at radius 2 is 2.30 bits per heavy atom. The Balaban J connectivity index is 1.89. The van der Waals surface area contributed by atoms with Gasteiger partial charge in [0.2, 0.25) is 5.91 Å². The molecule has 0 spiro atoms. The zero-order chi connectivity index (χ0) is 14.6. The summed E-state index contributed by atoms with van der Waals surface area (Å²) in [5.74, 6) is -0.412. The third-order valence-electron chi connectivity index (χ3n) is 3.68. The first-order valence-electron chi connectivity index (χ1n) is 6.80. The minimum atomic E-state index is -0.579.